The van der Waals surface area contributed by atoms with Gasteiger partial charge in [0.2, 0.25) is 0 Å². The Morgan fingerprint density at radius 3 is 2.53 bits per heavy atom. The van der Waals surface area contributed by atoms with E-state index in [4.69, 9.17) is 40.5 Å². The molecule has 0 radical (unpaired) electrons. The molecule has 1 nitrogen and oxygen atoms in total. The Labute approximate surface area is 106 Å². The summed E-state index contributed by atoms with van der Waals surface area (Å²) in [5.41, 5.74) is 6.85. The third kappa shape index (κ3) is 3.53. The van der Waals surface area contributed by atoms with Crippen LogP contribution in [0.1, 0.15) is 37.8 Å². The summed E-state index contributed by atoms with van der Waals surface area (Å²) in [6.45, 7) is 2.12. The number of unbranched alkanes of at least 4 members (excludes halogenated alkanes) is 1. The van der Waals surface area contributed by atoms with Crippen LogP contribution >= 0.6 is 34.8 Å². The van der Waals surface area contributed by atoms with Crippen molar-refractivity contribution in [3.05, 3.63) is 32.8 Å². The fourth-order valence-corrected chi connectivity index (χ4v) is 2.18. The molecule has 0 aliphatic carbocycles. The molecule has 0 aliphatic heterocycles. The van der Waals surface area contributed by atoms with Gasteiger partial charge in [0.25, 0.3) is 0 Å². The first-order valence-corrected chi connectivity index (χ1v) is 6.09. The van der Waals surface area contributed by atoms with Crippen molar-refractivity contribution in [2.45, 2.75) is 32.2 Å². The highest BCUT2D eigenvalue weighted by molar-refractivity contribution is 6.43. The van der Waals surface area contributed by atoms with E-state index in [0.717, 1.165) is 24.8 Å². The van der Waals surface area contributed by atoms with Gasteiger partial charge in [0, 0.05) is 11.1 Å². The Morgan fingerprint density at radius 1 is 1.27 bits per heavy atom. The first kappa shape index (κ1) is 13.1. The van der Waals surface area contributed by atoms with Crippen molar-refractivity contribution in [1.29, 1.82) is 0 Å². The predicted octanol–water partition coefficient (Wildman–Crippen LogP) is 4.84. The molecule has 2 N–H and O–H groups in total. The summed E-state index contributed by atoms with van der Waals surface area (Å²) < 4.78 is 0. The van der Waals surface area contributed by atoms with E-state index in [0.29, 0.717) is 15.1 Å². The van der Waals surface area contributed by atoms with Crippen LogP contribution in [0.15, 0.2) is 12.1 Å². The third-order valence-corrected chi connectivity index (χ3v) is 3.32. The number of hydrogen-bond donors (Lipinski definition) is 1. The zero-order chi connectivity index (χ0) is 11.4. The Morgan fingerprint density at radius 2 is 1.93 bits per heavy atom. The van der Waals surface area contributed by atoms with Gasteiger partial charge in [0.05, 0.1) is 10.0 Å². The van der Waals surface area contributed by atoms with Gasteiger partial charge in [-0.2, -0.15) is 0 Å². The molecular weight excluding hydrogens is 252 g/mol. The normalized spacial score (nSPS) is 12.9. The summed E-state index contributed by atoms with van der Waals surface area (Å²) in [7, 11) is 0. The molecule has 0 heterocycles. The van der Waals surface area contributed by atoms with Crippen LogP contribution in [0, 0.1) is 0 Å². The number of benzene rings is 1. The molecule has 1 atom stereocenters. The van der Waals surface area contributed by atoms with E-state index in [1.165, 1.54) is 0 Å². The monoisotopic (exact) mass is 265 g/mol. The highest BCUT2D eigenvalue weighted by Gasteiger charge is 2.13. The maximum absolute atomic E-state index is 6.07. The number of rotatable bonds is 4. The lowest BCUT2D eigenvalue weighted by molar-refractivity contribution is 0.603. The molecule has 0 amide bonds. The molecule has 84 valence electrons. The minimum absolute atomic E-state index is 0.0892. The summed E-state index contributed by atoms with van der Waals surface area (Å²) in [5.74, 6) is 0. The molecule has 0 aromatic heterocycles. The summed E-state index contributed by atoms with van der Waals surface area (Å²) in [4.78, 5) is 0. The van der Waals surface area contributed by atoms with Crippen LogP contribution in [0.5, 0.6) is 0 Å². The van der Waals surface area contributed by atoms with Crippen LogP contribution in [0.4, 0.5) is 0 Å². The van der Waals surface area contributed by atoms with Gasteiger partial charge in [-0.25, -0.2) is 0 Å². The van der Waals surface area contributed by atoms with Crippen LogP contribution in [0.3, 0.4) is 0 Å². The van der Waals surface area contributed by atoms with Crippen molar-refractivity contribution in [3.63, 3.8) is 0 Å². The zero-order valence-electron chi connectivity index (χ0n) is 8.56. The highest BCUT2D eigenvalue weighted by atomic mass is 35.5. The highest BCUT2D eigenvalue weighted by Crippen LogP contribution is 2.34. The van der Waals surface area contributed by atoms with E-state index in [2.05, 4.69) is 6.92 Å². The quantitative estimate of drug-likeness (QED) is 0.776. The van der Waals surface area contributed by atoms with Crippen molar-refractivity contribution in [2.24, 2.45) is 5.73 Å². The smallest absolute Gasteiger partial charge is 0.0641 e. The minimum Gasteiger partial charge on any atom is -0.324 e. The van der Waals surface area contributed by atoms with Gasteiger partial charge < -0.3 is 5.73 Å². The molecule has 0 bridgehead atoms. The number of nitrogens with two attached hydrogens (primary N) is 1. The lowest BCUT2D eigenvalue weighted by Crippen LogP contribution is -2.10. The molecule has 0 spiro atoms. The van der Waals surface area contributed by atoms with Gasteiger partial charge in [0.1, 0.15) is 0 Å². The Hall–Kier alpha value is 0.0500. The topological polar surface area (TPSA) is 26.0 Å². The predicted molar refractivity (Wildman–Crippen MR) is 67.9 cm³/mol. The lowest BCUT2D eigenvalue weighted by atomic mass is 10.0. The Balaban J connectivity index is 2.92. The molecule has 0 saturated carbocycles. The fourth-order valence-electron chi connectivity index (χ4n) is 1.43. The van der Waals surface area contributed by atoms with E-state index in [9.17, 15) is 0 Å². The Bertz CT molecular complexity index is 339. The van der Waals surface area contributed by atoms with E-state index in [1.807, 2.05) is 0 Å². The molecule has 15 heavy (non-hydrogen) atoms. The molecule has 0 fully saturated rings. The molecule has 4 heteroatoms. The second-order valence-electron chi connectivity index (χ2n) is 3.54. The first-order chi connectivity index (χ1) is 7.06. The molecule has 0 saturated heterocycles. The Kier molecular flexibility index (Phi) is 5.20. The molecule has 1 aromatic carbocycles. The van der Waals surface area contributed by atoms with Gasteiger partial charge in [-0.1, -0.05) is 54.6 Å². The largest absolute Gasteiger partial charge is 0.324 e. The summed E-state index contributed by atoms with van der Waals surface area (Å²) >= 11 is 17.9. The molecule has 1 aromatic rings. The van der Waals surface area contributed by atoms with Gasteiger partial charge in [0.15, 0.2) is 0 Å². The zero-order valence-corrected chi connectivity index (χ0v) is 10.8. The fraction of sp³-hybridized carbons (Fsp3) is 0.455. The van der Waals surface area contributed by atoms with Crippen LogP contribution in [-0.2, 0) is 0 Å². The van der Waals surface area contributed by atoms with E-state index < -0.39 is 0 Å². The average Bonchev–Trinajstić information content (AvgIpc) is 2.19. The van der Waals surface area contributed by atoms with E-state index in [-0.39, 0.29) is 6.04 Å². The second-order valence-corrected chi connectivity index (χ2v) is 4.76. The minimum atomic E-state index is -0.0892. The van der Waals surface area contributed by atoms with E-state index in [1.54, 1.807) is 12.1 Å². The van der Waals surface area contributed by atoms with Crippen molar-refractivity contribution in [1.82, 2.24) is 0 Å². The van der Waals surface area contributed by atoms with Gasteiger partial charge in [-0.15, -0.1) is 0 Å². The number of hydrogen-bond acceptors (Lipinski definition) is 1. The third-order valence-electron chi connectivity index (χ3n) is 2.29. The maximum atomic E-state index is 6.07. The molecule has 0 unspecified atom stereocenters. The first-order valence-electron chi connectivity index (χ1n) is 4.96. The summed E-state index contributed by atoms with van der Waals surface area (Å²) in [6, 6.07) is 3.33. The summed E-state index contributed by atoms with van der Waals surface area (Å²) in [5, 5.41) is 1.56. The SMILES string of the molecule is CCCC[C@@H](N)c1cc(Cl)cc(Cl)c1Cl. The maximum Gasteiger partial charge on any atom is 0.0641 e. The second kappa shape index (κ2) is 5.95. The number of halogens is 3. The van der Waals surface area contributed by atoms with Crippen molar-refractivity contribution >= 4 is 34.8 Å². The van der Waals surface area contributed by atoms with Crippen LogP contribution in [-0.4, -0.2) is 0 Å². The average molecular weight is 267 g/mol. The van der Waals surface area contributed by atoms with Crippen molar-refractivity contribution in [3.8, 4) is 0 Å². The van der Waals surface area contributed by atoms with Crippen molar-refractivity contribution in [2.75, 3.05) is 0 Å². The van der Waals surface area contributed by atoms with Gasteiger partial charge in [-0.3, -0.25) is 0 Å². The molecule has 0 aliphatic rings. The van der Waals surface area contributed by atoms with E-state index >= 15 is 0 Å². The van der Waals surface area contributed by atoms with Gasteiger partial charge in [-0.05, 0) is 24.1 Å². The van der Waals surface area contributed by atoms with Crippen LogP contribution in [0.25, 0.3) is 0 Å². The standard InChI is InChI=1S/C11H14Cl3N/c1-2-3-4-10(15)8-5-7(12)6-9(13)11(8)14/h5-6,10H,2-4,15H2,1H3/t10-/m1/s1. The van der Waals surface area contributed by atoms with Crippen LogP contribution in [0.2, 0.25) is 15.1 Å². The summed E-state index contributed by atoms with van der Waals surface area (Å²) in [6.07, 6.45) is 3.08. The van der Waals surface area contributed by atoms with Crippen LogP contribution < -0.4 is 5.73 Å². The molecular formula is C11H14Cl3N. The molecule has 1 rings (SSSR count). The lowest BCUT2D eigenvalue weighted by Gasteiger charge is -2.14. The van der Waals surface area contributed by atoms with Crippen molar-refractivity contribution < 1.29 is 0 Å². The van der Waals surface area contributed by atoms with Gasteiger partial charge >= 0.3 is 0 Å².